The highest BCUT2D eigenvalue weighted by molar-refractivity contribution is 6.31. The van der Waals surface area contributed by atoms with E-state index in [0.29, 0.717) is 0 Å². The molecule has 2 aromatic rings. The Hall–Kier alpha value is -2.55. The Morgan fingerprint density at radius 1 is 1.50 bits per heavy atom. The third-order valence-corrected chi connectivity index (χ3v) is 2.21. The molecular formula is C8H5ClN6O3. The first-order valence-electron chi connectivity index (χ1n) is 4.57. The molecule has 0 spiro atoms. The lowest BCUT2D eigenvalue weighted by Gasteiger charge is -2.02. The number of nitrogens with zero attached hydrogens (tertiary/aromatic N) is 4. The lowest BCUT2D eigenvalue weighted by molar-refractivity contribution is -0.385. The topological polar surface area (TPSA) is 127 Å². The van der Waals surface area contributed by atoms with Crippen molar-refractivity contribution in [1.82, 2.24) is 20.6 Å². The highest BCUT2D eigenvalue weighted by Crippen LogP contribution is 2.23. The van der Waals surface area contributed by atoms with E-state index in [0.717, 1.165) is 6.07 Å². The molecule has 92 valence electrons. The van der Waals surface area contributed by atoms with Gasteiger partial charge in [-0.25, -0.2) is 5.10 Å². The first-order valence-corrected chi connectivity index (χ1v) is 4.95. The molecule has 0 bridgehead atoms. The molecule has 1 aromatic carbocycles. The summed E-state index contributed by atoms with van der Waals surface area (Å²) in [5.41, 5.74) is -0.534. The Kier molecular flexibility index (Phi) is 3.15. The van der Waals surface area contributed by atoms with E-state index in [2.05, 4.69) is 25.9 Å². The van der Waals surface area contributed by atoms with Gasteiger partial charge in [0, 0.05) is 11.1 Å². The van der Waals surface area contributed by atoms with Crippen molar-refractivity contribution in [3.8, 4) is 0 Å². The zero-order valence-electron chi connectivity index (χ0n) is 8.62. The molecule has 10 heteroatoms. The van der Waals surface area contributed by atoms with E-state index in [9.17, 15) is 14.9 Å². The zero-order chi connectivity index (χ0) is 13.1. The zero-order valence-corrected chi connectivity index (χ0v) is 9.38. The highest BCUT2D eigenvalue weighted by Gasteiger charge is 2.21. The van der Waals surface area contributed by atoms with Crippen LogP contribution in [0.25, 0.3) is 0 Å². The first kappa shape index (κ1) is 11.9. The number of carbonyl (C=O) groups is 1. The third kappa shape index (κ3) is 2.40. The molecule has 9 nitrogen and oxygen atoms in total. The van der Waals surface area contributed by atoms with Crippen molar-refractivity contribution in [2.45, 2.75) is 0 Å². The fraction of sp³-hybridized carbons (Fsp3) is 0. The molecule has 2 N–H and O–H groups in total. The molecule has 0 atom stereocenters. The van der Waals surface area contributed by atoms with E-state index < -0.39 is 10.8 Å². The van der Waals surface area contributed by atoms with Crippen LogP contribution in [0, 0.1) is 10.1 Å². The van der Waals surface area contributed by atoms with Gasteiger partial charge in [-0.3, -0.25) is 20.2 Å². The van der Waals surface area contributed by atoms with Crippen molar-refractivity contribution in [3.05, 3.63) is 38.9 Å². The quantitative estimate of drug-likeness (QED) is 0.632. The van der Waals surface area contributed by atoms with Crippen LogP contribution in [0.15, 0.2) is 18.2 Å². The average molecular weight is 269 g/mol. The Morgan fingerprint density at radius 3 is 2.89 bits per heavy atom. The van der Waals surface area contributed by atoms with Gasteiger partial charge in [0.2, 0.25) is 5.95 Å². The van der Waals surface area contributed by atoms with Gasteiger partial charge >= 0.3 is 0 Å². The van der Waals surface area contributed by atoms with Crippen LogP contribution >= 0.6 is 11.6 Å². The smallest absolute Gasteiger partial charge is 0.282 e. The maximum Gasteiger partial charge on any atom is 0.282 e. The minimum Gasteiger partial charge on any atom is -0.289 e. The Bertz CT molecular complexity index is 599. The lowest BCUT2D eigenvalue weighted by atomic mass is 10.1. The van der Waals surface area contributed by atoms with Gasteiger partial charge in [0.25, 0.3) is 11.6 Å². The van der Waals surface area contributed by atoms with E-state index in [1.165, 1.54) is 12.1 Å². The van der Waals surface area contributed by atoms with Crippen LogP contribution in [0.5, 0.6) is 0 Å². The number of nitro benzene ring substituents is 1. The van der Waals surface area contributed by atoms with Crippen LogP contribution in [-0.4, -0.2) is 31.5 Å². The predicted octanol–water partition coefficient (Wildman–Crippen LogP) is 1.01. The molecule has 1 aromatic heterocycles. The molecule has 0 aliphatic carbocycles. The first-order chi connectivity index (χ1) is 8.58. The van der Waals surface area contributed by atoms with Gasteiger partial charge in [0.05, 0.1) is 4.92 Å². The molecule has 0 fully saturated rings. The Morgan fingerprint density at radius 2 is 2.28 bits per heavy atom. The van der Waals surface area contributed by atoms with Crippen molar-refractivity contribution in [1.29, 1.82) is 0 Å². The van der Waals surface area contributed by atoms with E-state index in [1.54, 1.807) is 0 Å². The molecule has 0 aliphatic heterocycles. The number of hydrogen-bond acceptors (Lipinski definition) is 6. The Labute approximate surface area is 104 Å². The average Bonchev–Trinajstić information content (AvgIpc) is 2.81. The number of tetrazole rings is 1. The normalized spacial score (nSPS) is 10.1. The lowest BCUT2D eigenvalue weighted by Crippen LogP contribution is -2.15. The fourth-order valence-corrected chi connectivity index (χ4v) is 1.41. The number of amides is 1. The molecule has 2 rings (SSSR count). The van der Waals surface area contributed by atoms with Crippen LogP contribution in [0.3, 0.4) is 0 Å². The Balaban J connectivity index is 2.34. The molecule has 1 amide bonds. The summed E-state index contributed by atoms with van der Waals surface area (Å²) in [5.74, 6) is -0.753. The number of rotatable bonds is 3. The van der Waals surface area contributed by atoms with Crippen LogP contribution in [0.1, 0.15) is 10.4 Å². The van der Waals surface area contributed by atoms with Crippen molar-refractivity contribution in [3.63, 3.8) is 0 Å². The molecule has 0 saturated carbocycles. The number of nitro groups is 1. The number of halogens is 1. The van der Waals surface area contributed by atoms with Gasteiger partial charge in [-0.1, -0.05) is 16.7 Å². The second-order valence-electron chi connectivity index (χ2n) is 3.12. The minimum atomic E-state index is -0.734. The number of anilines is 1. The van der Waals surface area contributed by atoms with Crippen molar-refractivity contribution < 1.29 is 9.72 Å². The summed E-state index contributed by atoms with van der Waals surface area (Å²) in [5, 5.41) is 25.5. The van der Waals surface area contributed by atoms with Crippen molar-refractivity contribution >= 4 is 29.1 Å². The third-order valence-electron chi connectivity index (χ3n) is 1.98. The van der Waals surface area contributed by atoms with Crippen LogP contribution < -0.4 is 5.32 Å². The second kappa shape index (κ2) is 4.75. The van der Waals surface area contributed by atoms with Gasteiger partial charge in [0.1, 0.15) is 5.56 Å². The summed E-state index contributed by atoms with van der Waals surface area (Å²) < 4.78 is 0. The van der Waals surface area contributed by atoms with Crippen LogP contribution in [0.4, 0.5) is 11.6 Å². The monoisotopic (exact) mass is 268 g/mol. The van der Waals surface area contributed by atoms with Gasteiger partial charge in [-0.2, -0.15) is 0 Å². The fourth-order valence-electron chi connectivity index (χ4n) is 1.24. The number of aromatic amines is 1. The second-order valence-corrected chi connectivity index (χ2v) is 3.56. The van der Waals surface area contributed by atoms with Crippen molar-refractivity contribution in [2.24, 2.45) is 0 Å². The maximum atomic E-state index is 11.8. The van der Waals surface area contributed by atoms with Crippen molar-refractivity contribution in [2.75, 3.05) is 5.32 Å². The number of benzene rings is 1. The maximum absolute atomic E-state index is 11.8. The summed E-state index contributed by atoms with van der Waals surface area (Å²) in [6, 6.07) is 3.67. The van der Waals surface area contributed by atoms with E-state index in [4.69, 9.17) is 11.6 Å². The molecule has 0 saturated heterocycles. The number of aromatic nitrogens is 4. The largest absolute Gasteiger partial charge is 0.289 e. The molecule has 1 heterocycles. The van der Waals surface area contributed by atoms with Gasteiger partial charge in [0.15, 0.2) is 0 Å². The molecule has 0 unspecified atom stereocenters. The standard InChI is InChI=1S/C8H5ClN6O3/c9-4-1-2-6(15(17)18)5(3-4)7(16)10-8-11-13-14-12-8/h1-3H,(H2,10,11,12,13,14,16). The van der Waals surface area contributed by atoms with Crippen LogP contribution in [-0.2, 0) is 0 Å². The van der Waals surface area contributed by atoms with E-state index >= 15 is 0 Å². The SMILES string of the molecule is O=C(Nc1nnn[nH]1)c1cc(Cl)ccc1[N+](=O)[O-]. The molecule has 0 radical (unpaired) electrons. The van der Waals surface area contributed by atoms with Gasteiger partial charge in [-0.05, 0) is 22.6 Å². The molecule has 18 heavy (non-hydrogen) atoms. The summed E-state index contributed by atoms with van der Waals surface area (Å²) >= 11 is 5.70. The number of nitrogens with one attached hydrogen (secondary N) is 2. The van der Waals surface area contributed by atoms with E-state index in [1.807, 2.05) is 0 Å². The van der Waals surface area contributed by atoms with E-state index in [-0.39, 0.29) is 22.2 Å². The highest BCUT2D eigenvalue weighted by atomic mass is 35.5. The molecular weight excluding hydrogens is 264 g/mol. The van der Waals surface area contributed by atoms with Gasteiger partial charge in [-0.15, -0.1) is 0 Å². The minimum absolute atomic E-state index is 0.0192. The summed E-state index contributed by atoms with van der Waals surface area (Å²) in [7, 11) is 0. The molecule has 0 aliphatic rings. The summed E-state index contributed by atoms with van der Waals surface area (Å²) in [4.78, 5) is 21.9. The number of H-pyrrole nitrogens is 1. The number of hydrogen-bond donors (Lipinski definition) is 2. The predicted molar refractivity (Wildman–Crippen MR) is 60.2 cm³/mol. The number of carbonyl (C=O) groups excluding carboxylic acids is 1. The van der Waals surface area contributed by atoms with Crippen LogP contribution in [0.2, 0.25) is 5.02 Å². The van der Waals surface area contributed by atoms with Gasteiger partial charge < -0.3 is 0 Å². The summed E-state index contributed by atoms with van der Waals surface area (Å²) in [6.45, 7) is 0. The summed E-state index contributed by atoms with van der Waals surface area (Å²) in [6.07, 6.45) is 0.